The topological polar surface area (TPSA) is 69.4 Å². The molecule has 8 heteroatoms. The van der Waals surface area contributed by atoms with E-state index in [0.717, 1.165) is 40.4 Å². The van der Waals surface area contributed by atoms with Gasteiger partial charge < -0.3 is 4.57 Å². The summed E-state index contributed by atoms with van der Waals surface area (Å²) in [5.41, 5.74) is 0.786. The highest BCUT2D eigenvalue weighted by Crippen LogP contribution is 2.39. The number of pyridine rings is 1. The second kappa shape index (κ2) is 5.90. The normalized spacial score (nSPS) is 14.2. The Morgan fingerprint density at radius 2 is 2.09 bits per heavy atom. The van der Waals surface area contributed by atoms with Gasteiger partial charge in [-0.2, -0.15) is 0 Å². The summed E-state index contributed by atoms with van der Waals surface area (Å²) in [6.45, 7) is 0. The maximum Gasteiger partial charge on any atom is 0.197 e. The first-order chi connectivity index (χ1) is 11.2. The maximum atomic E-state index is 6.11. The molecule has 6 nitrogen and oxygen atoms in total. The summed E-state index contributed by atoms with van der Waals surface area (Å²) in [6.07, 6.45) is 4.01. The van der Waals surface area contributed by atoms with Gasteiger partial charge in [-0.15, -0.1) is 10.2 Å². The molecule has 0 radical (unpaired) electrons. The summed E-state index contributed by atoms with van der Waals surface area (Å²) >= 11 is 7.54. The molecule has 0 unspecified atom stereocenters. The minimum atomic E-state index is 0.455. The molecule has 0 N–H and O–H groups in total. The van der Waals surface area contributed by atoms with Crippen LogP contribution < -0.4 is 0 Å². The Bertz CT molecular complexity index is 846. The molecule has 0 atom stereocenters. The van der Waals surface area contributed by atoms with Crippen LogP contribution in [0.15, 0.2) is 40.6 Å². The number of hydrogen-bond acceptors (Lipinski definition) is 6. The van der Waals surface area contributed by atoms with E-state index in [1.165, 1.54) is 11.8 Å². The van der Waals surface area contributed by atoms with Crippen LogP contribution in [0.5, 0.6) is 0 Å². The highest BCUT2D eigenvalue weighted by atomic mass is 35.5. The number of nitrogens with zero attached hydrogens (tertiary/aromatic N) is 6. The third-order valence-corrected chi connectivity index (χ3v) is 4.71. The Labute approximate surface area is 142 Å². The van der Waals surface area contributed by atoms with Crippen LogP contribution in [0, 0.1) is 0 Å². The lowest BCUT2D eigenvalue weighted by atomic mass is 10.3. The van der Waals surface area contributed by atoms with Crippen LogP contribution in [0.3, 0.4) is 0 Å². The SMILES string of the molecule is Cn1c(Sc2cc(Cl)nc(C3CC3)n2)nnc1-c1ccccn1. The molecule has 0 aromatic carbocycles. The Kier molecular flexibility index (Phi) is 3.74. The van der Waals surface area contributed by atoms with Gasteiger partial charge in [-0.1, -0.05) is 17.7 Å². The van der Waals surface area contributed by atoms with Gasteiger partial charge in [0, 0.05) is 25.2 Å². The summed E-state index contributed by atoms with van der Waals surface area (Å²) < 4.78 is 1.90. The van der Waals surface area contributed by atoms with Crippen molar-refractivity contribution in [2.24, 2.45) is 7.05 Å². The summed E-state index contributed by atoms with van der Waals surface area (Å²) in [4.78, 5) is 13.2. The van der Waals surface area contributed by atoms with Crippen LogP contribution in [0.2, 0.25) is 5.15 Å². The van der Waals surface area contributed by atoms with Gasteiger partial charge >= 0.3 is 0 Å². The van der Waals surface area contributed by atoms with Crippen molar-refractivity contribution in [3.8, 4) is 11.5 Å². The van der Waals surface area contributed by atoms with Crippen LogP contribution >= 0.6 is 23.4 Å². The fourth-order valence-electron chi connectivity index (χ4n) is 2.21. The predicted octanol–water partition coefficient (Wildman–Crippen LogP) is 3.35. The van der Waals surface area contributed by atoms with Crippen LogP contribution in [0.1, 0.15) is 24.6 Å². The third-order valence-electron chi connectivity index (χ3n) is 3.56. The average Bonchev–Trinajstić information content (AvgIpc) is 3.34. The highest BCUT2D eigenvalue weighted by molar-refractivity contribution is 7.99. The predicted molar refractivity (Wildman–Crippen MR) is 87.4 cm³/mol. The van der Waals surface area contributed by atoms with Gasteiger partial charge in [0.25, 0.3) is 0 Å². The summed E-state index contributed by atoms with van der Waals surface area (Å²) in [5, 5.41) is 10.5. The highest BCUT2D eigenvalue weighted by Gasteiger charge is 2.27. The van der Waals surface area contributed by atoms with Crippen molar-refractivity contribution in [2.45, 2.75) is 28.9 Å². The van der Waals surface area contributed by atoms with Crippen molar-refractivity contribution in [1.29, 1.82) is 0 Å². The molecule has 116 valence electrons. The second-order valence-corrected chi connectivity index (χ2v) is 6.72. The van der Waals surface area contributed by atoms with Crippen LogP contribution in [-0.2, 0) is 7.05 Å². The first-order valence-electron chi connectivity index (χ1n) is 7.24. The average molecular weight is 345 g/mol. The summed E-state index contributed by atoms with van der Waals surface area (Å²) in [7, 11) is 1.91. The lowest BCUT2D eigenvalue weighted by Crippen LogP contribution is -1.98. The zero-order valence-electron chi connectivity index (χ0n) is 12.3. The number of rotatable bonds is 4. The van der Waals surface area contributed by atoms with E-state index >= 15 is 0 Å². The van der Waals surface area contributed by atoms with E-state index in [0.29, 0.717) is 11.1 Å². The molecular weight excluding hydrogens is 332 g/mol. The molecule has 3 aromatic heterocycles. The molecule has 1 aliphatic carbocycles. The molecule has 23 heavy (non-hydrogen) atoms. The van der Waals surface area contributed by atoms with Gasteiger partial charge in [0.05, 0.1) is 0 Å². The minimum Gasteiger partial charge on any atom is -0.304 e. The fraction of sp³-hybridized carbons (Fsp3) is 0.267. The van der Waals surface area contributed by atoms with Crippen molar-refractivity contribution < 1.29 is 0 Å². The van der Waals surface area contributed by atoms with Crippen molar-refractivity contribution in [2.75, 3.05) is 0 Å². The summed E-state index contributed by atoms with van der Waals surface area (Å²) in [5.74, 6) is 2.00. The van der Waals surface area contributed by atoms with Crippen molar-refractivity contribution >= 4 is 23.4 Å². The van der Waals surface area contributed by atoms with Crippen LogP contribution in [0.25, 0.3) is 11.5 Å². The van der Waals surface area contributed by atoms with Crippen LogP contribution in [0.4, 0.5) is 0 Å². The fourth-order valence-corrected chi connectivity index (χ4v) is 3.26. The maximum absolute atomic E-state index is 6.11. The molecule has 1 aliphatic rings. The zero-order chi connectivity index (χ0) is 15.8. The largest absolute Gasteiger partial charge is 0.304 e. The Morgan fingerprint density at radius 3 is 2.83 bits per heavy atom. The van der Waals surface area contributed by atoms with Crippen molar-refractivity contribution in [3.63, 3.8) is 0 Å². The van der Waals surface area contributed by atoms with Gasteiger partial charge in [-0.25, -0.2) is 9.97 Å². The number of hydrogen-bond donors (Lipinski definition) is 0. The number of halogens is 1. The van der Waals surface area contributed by atoms with E-state index in [-0.39, 0.29) is 0 Å². The van der Waals surface area contributed by atoms with E-state index in [4.69, 9.17) is 11.6 Å². The Hall–Kier alpha value is -1.99. The van der Waals surface area contributed by atoms with Crippen molar-refractivity contribution in [1.82, 2.24) is 29.7 Å². The smallest absolute Gasteiger partial charge is 0.197 e. The molecule has 4 rings (SSSR count). The van der Waals surface area contributed by atoms with Crippen molar-refractivity contribution in [3.05, 3.63) is 41.4 Å². The number of aromatic nitrogens is 6. The lowest BCUT2D eigenvalue weighted by Gasteiger charge is -2.05. The first-order valence-corrected chi connectivity index (χ1v) is 8.43. The van der Waals surface area contributed by atoms with E-state index < -0.39 is 0 Å². The molecular formula is C15H13ClN6S. The van der Waals surface area contributed by atoms with Gasteiger partial charge in [-0.05, 0) is 36.7 Å². The Morgan fingerprint density at radius 1 is 1.22 bits per heavy atom. The quantitative estimate of drug-likeness (QED) is 0.676. The lowest BCUT2D eigenvalue weighted by molar-refractivity contribution is 0.788. The molecule has 0 bridgehead atoms. The van der Waals surface area contributed by atoms with E-state index in [2.05, 4.69) is 25.1 Å². The standard InChI is InChI=1S/C15H13ClN6S/c1-22-14(10-4-2-3-7-17-10)20-21-15(22)23-12-8-11(16)18-13(19-12)9-5-6-9/h2-4,7-9H,5-6H2,1H3. The van der Waals surface area contributed by atoms with Gasteiger partial charge in [0.1, 0.15) is 21.7 Å². The molecule has 0 amide bonds. The molecule has 0 aliphatic heterocycles. The molecule has 0 spiro atoms. The van der Waals surface area contributed by atoms with Crippen LogP contribution in [-0.4, -0.2) is 29.7 Å². The molecule has 1 fully saturated rings. The molecule has 3 heterocycles. The second-order valence-electron chi connectivity index (χ2n) is 5.34. The molecule has 1 saturated carbocycles. The summed E-state index contributed by atoms with van der Waals surface area (Å²) in [6, 6.07) is 7.46. The van der Waals surface area contributed by atoms with Gasteiger partial charge in [-0.3, -0.25) is 4.98 Å². The van der Waals surface area contributed by atoms with E-state index in [9.17, 15) is 0 Å². The van der Waals surface area contributed by atoms with Gasteiger partial charge in [0.15, 0.2) is 11.0 Å². The van der Waals surface area contributed by atoms with E-state index in [1.54, 1.807) is 12.3 Å². The first kappa shape index (κ1) is 14.6. The minimum absolute atomic E-state index is 0.455. The molecule has 3 aromatic rings. The van der Waals surface area contributed by atoms with E-state index in [1.807, 2.05) is 29.8 Å². The Balaban J connectivity index is 1.64. The van der Waals surface area contributed by atoms with Gasteiger partial charge in [0.2, 0.25) is 0 Å². The third kappa shape index (κ3) is 3.07. The molecule has 0 saturated heterocycles. The monoisotopic (exact) mass is 344 g/mol. The zero-order valence-corrected chi connectivity index (χ0v) is 13.9.